The van der Waals surface area contributed by atoms with Crippen molar-refractivity contribution in [1.29, 1.82) is 0 Å². The van der Waals surface area contributed by atoms with Crippen molar-refractivity contribution < 1.29 is 13.2 Å². The molecule has 0 bridgehead atoms. The molecule has 0 fully saturated rings. The second-order valence-corrected chi connectivity index (χ2v) is 8.06. The Bertz CT molecular complexity index is 979. The molecule has 0 spiro atoms. The first-order chi connectivity index (χ1) is 12.4. The summed E-state index contributed by atoms with van der Waals surface area (Å²) in [6, 6.07) is 7.83. The predicted molar refractivity (Wildman–Crippen MR) is 99.6 cm³/mol. The Labute approximate surface area is 154 Å². The lowest BCUT2D eigenvalue weighted by molar-refractivity contribution is -0.116. The summed E-state index contributed by atoms with van der Waals surface area (Å²) in [7, 11) is -3.70. The van der Waals surface area contributed by atoms with E-state index in [0.717, 1.165) is 5.69 Å². The number of nitrogens with one attached hydrogen (secondary N) is 2. The number of amides is 1. The van der Waals surface area contributed by atoms with E-state index in [1.54, 1.807) is 22.2 Å². The van der Waals surface area contributed by atoms with Crippen molar-refractivity contribution in [2.75, 3.05) is 10.0 Å². The number of nitrogens with zero attached hydrogens (tertiary/aromatic N) is 3. The number of anilines is 2. The highest BCUT2D eigenvalue weighted by molar-refractivity contribution is 7.93. The minimum atomic E-state index is -3.70. The van der Waals surface area contributed by atoms with Gasteiger partial charge in [-0.2, -0.15) is 5.10 Å². The number of aryl methyl sites for hydroxylation is 2. The number of carbonyl (C=O) groups excluding carboxylic acids is 1. The van der Waals surface area contributed by atoms with Crippen LogP contribution in [0, 0.1) is 6.92 Å². The number of benzene rings is 1. The number of sulfonamides is 1. The normalized spacial score (nSPS) is 11.3. The molecule has 136 valence electrons. The summed E-state index contributed by atoms with van der Waals surface area (Å²) in [6.07, 6.45) is 3.61. The lowest BCUT2D eigenvalue weighted by Gasteiger charge is -2.08. The summed E-state index contributed by atoms with van der Waals surface area (Å²) in [4.78, 5) is 16.0. The van der Waals surface area contributed by atoms with Crippen molar-refractivity contribution in [1.82, 2.24) is 14.8 Å². The van der Waals surface area contributed by atoms with Gasteiger partial charge >= 0.3 is 0 Å². The number of hydrogen-bond acceptors (Lipinski definition) is 6. The van der Waals surface area contributed by atoms with Crippen LogP contribution in [0.15, 0.2) is 53.0 Å². The summed E-state index contributed by atoms with van der Waals surface area (Å²) in [5, 5.41) is 8.94. The average Bonchev–Trinajstić information content (AvgIpc) is 3.25. The van der Waals surface area contributed by atoms with Gasteiger partial charge in [-0.25, -0.2) is 13.4 Å². The van der Waals surface area contributed by atoms with Crippen LogP contribution in [0.25, 0.3) is 0 Å². The van der Waals surface area contributed by atoms with Crippen LogP contribution in [-0.4, -0.2) is 29.1 Å². The SMILES string of the molecule is Cc1ccn(CCC(=O)Nc2ccc(S(=O)(=O)Nc3nccs3)cc2)n1. The highest BCUT2D eigenvalue weighted by atomic mass is 32.2. The molecule has 8 nitrogen and oxygen atoms in total. The van der Waals surface area contributed by atoms with E-state index in [2.05, 4.69) is 20.1 Å². The minimum absolute atomic E-state index is 0.0951. The smallest absolute Gasteiger partial charge is 0.263 e. The number of aromatic nitrogens is 3. The van der Waals surface area contributed by atoms with E-state index in [1.807, 2.05) is 19.2 Å². The number of rotatable bonds is 7. The van der Waals surface area contributed by atoms with Crippen LogP contribution in [0.1, 0.15) is 12.1 Å². The second-order valence-electron chi connectivity index (χ2n) is 5.49. The van der Waals surface area contributed by atoms with Gasteiger partial charge in [0.1, 0.15) is 0 Å². The van der Waals surface area contributed by atoms with Crippen LogP contribution >= 0.6 is 11.3 Å². The monoisotopic (exact) mass is 391 g/mol. The van der Waals surface area contributed by atoms with Crippen LogP contribution < -0.4 is 10.0 Å². The summed E-state index contributed by atoms with van der Waals surface area (Å²) < 4.78 is 28.6. The van der Waals surface area contributed by atoms with Gasteiger partial charge in [0.05, 0.1) is 10.6 Å². The molecule has 3 aromatic rings. The molecule has 3 rings (SSSR count). The zero-order valence-corrected chi connectivity index (χ0v) is 15.5. The van der Waals surface area contributed by atoms with Gasteiger partial charge < -0.3 is 5.32 Å². The average molecular weight is 391 g/mol. The molecule has 1 aromatic carbocycles. The summed E-state index contributed by atoms with van der Waals surface area (Å²) >= 11 is 1.20. The molecule has 0 saturated carbocycles. The molecule has 0 saturated heterocycles. The third-order valence-corrected chi connectivity index (χ3v) is 5.62. The molecule has 10 heteroatoms. The largest absolute Gasteiger partial charge is 0.326 e. The maximum absolute atomic E-state index is 12.3. The van der Waals surface area contributed by atoms with Gasteiger partial charge in [0.25, 0.3) is 10.0 Å². The fraction of sp³-hybridized carbons (Fsp3) is 0.188. The van der Waals surface area contributed by atoms with Crippen LogP contribution in [0.2, 0.25) is 0 Å². The zero-order valence-electron chi connectivity index (χ0n) is 13.9. The van der Waals surface area contributed by atoms with Crippen molar-refractivity contribution in [3.05, 3.63) is 53.8 Å². The molecule has 2 aromatic heterocycles. The van der Waals surface area contributed by atoms with Crippen LogP contribution in [0.5, 0.6) is 0 Å². The Balaban J connectivity index is 1.57. The Hall–Kier alpha value is -2.72. The highest BCUT2D eigenvalue weighted by Crippen LogP contribution is 2.19. The first kappa shape index (κ1) is 18.1. The molecule has 1 amide bonds. The van der Waals surface area contributed by atoms with Gasteiger partial charge in [0, 0.05) is 36.4 Å². The van der Waals surface area contributed by atoms with E-state index < -0.39 is 10.0 Å². The standard InChI is InChI=1S/C16H17N5O3S2/c1-12-6-9-21(19-12)10-7-15(22)18-13-2-4-14(5-3-13)26(23,24)20-16-17-8-11-25-16/h2-6,8-9,11H,7,10H2,1H3,(H,17,20)(H,18,22). The van der Waals surface area contributed by atoms with E-state index in [1.165, 1.54) is 29.7 Å². The highest BCUT2D eigenvalue weighted by Gasteiger charge is 2.15. The topological polar surface area (TPSA) is 106 Å². The lowest BCUT2D eigenvalue weighted by Crippen LogP contribution is -2.15. The van der Waals surface area contributed by atoms with E-state index >= 15 is 0 Å². The quantitative estimate of drug-likeness (QED) is 0.644. The van der Waals surface area contributed by atoms with Gasteiger partial charge in [-0.15, -0.1) is 11.3 Å². The van der Waals surface area contributed by atoms with Gasteiger partial charge in [0.15, 0.2) is 5.13 Å². The van der Waals surface area contributed by atoms with Crippen molar-refractivity contribution in [3.8, 4) is 0 Å². The van der Waals surface area contributed by atoms with Crippen LogP contribution in [0.4, 0.5) is 10.8 Å². The fourth-order valence-electron chi connectivity index (χ4n) is 2.19. The Morgan fingerprint density at radius 2 is 2.00 bits per heavy atom. The Morgan fingerprint density at radius 3 is 2.62 bits per heavy atom. The van der Waals surface area contributed by atoms with Gasteiger partial charge in [-0.1, -0.05) is 0 Å². The Morgan fingerprint density at radius 1 is 1.23 bits per heavy atom. The minimum Gasteiger partial charge on any atom is -0.326 e. The molecule has 2 N–H and O–H groups in total. The molecule has 0 unspecified atom stereocenters. The fourth-order valence-corrected chi connectivity index (χ4v) is 3.98. The first-order valence-corrected chi connectivity index (χ1v) is 10.1. The van der Waals surface area contributed by atoms with Crippen LogP contribution in [-0.2, 0) is 21.4 Å². The summed E-state index contributed by atoms with van der Waals surface area (Å²) in [6.45, 7) is 2.36. The maximum atomic E-state index is 12.3. The first-order valence-electron chi connectivity index (χ1n) is 7.75. The third kappa shape index (κ3) is 4.67. The van der Waals surface area contributed by atoms with Crippen molar-refractivity contribution in [2.45, 2.75) is 24.8 Å². The van der Waals surface area contributed by atoms with Gasteiger partial charge in [0.2, 0.25) is 5.91 Å². The number of thiazole rings is 1. The maximum Gasteiger partial charge on any atom is 0.263 e. The zero-order chi connectivity index (χ0) is 18.6. The van der Waals surface area contributed by atoms with E-state index in [4.69, 9.17) is 0 Å². The molecular weight excluding hydrogens is 374 g/mol. The summed E-state index contributed by atoms with van der Waals surface area (Å²) in [5.41, 5.74) is 1.42. The molecule has 2 heterocycles. The predicted octanol–water partition coefficient (Wildman–Crippen LogP) is 2.48. The molecular formula is C16H17N5O3S2. The van der Waals surface area contributed by atoms with Crippen LogP contribution in [0.3, 0.4) is 0 Å². The van der Waals surface area contributed by atoms with Gasteiger partial charge in [-0.3, -0.25) is 14.2 Å². The lowest BCUT2D eigenvalue weighted by atomic mass is 10.3. The molecule has 0 atom stereocenters. The molecule has 0 aliphatic rings. The summed E-state index contributed by atoms with van der Waals surface area (Å²) in [5.74, 6) is -0.172. The van der Waals surface area contributed by atoms with E-state index in [-0.39, 0.29) is 17.2 Å². The molecule has 26 heavy (non-hydrogen) atoms. The number of hydrogen-bond donors (Lipinski definition) is 2. The van der Waals surface area contributed by atoms with Crippen molar-refractivity contribution in [3.63, 3.8) is 0 Å². The van der Waals surface area contributed by atoms with E-state index in [9.17, 15) is 13.2 Å². The molecule has 0 radical (unpaired) electrons. The van der Waals surface area contributed by atoms with Gasteiger partial charge in [-0.05, 0) is 37.3 Å². The van der Waals surface area contributed by atoms with E-state index in [0.29, 0.717) is 17.4 Å². The van der Waals surface area contributed by atoms with Crippen molar-refractivity contribution >= 4 is 38.1 Å². The van der Waals surface area contributed by atoms with Crippen molar-refractivity contribution in [2.24, 2.45) is 0 Å². The Kier molecular flexibility index (Phi) is 5.33. The number of carbonyl (C=O) groups is 1. The molecule has 0 aliphatic heterocycles. The third-order valence-electron chi connectivity index (χ3n) is 3.44. The second kappa shape index (κ2) is 7.67. The molecule has 0 aliphatic carbocycles.